The fourth-order valence-electron chi connectivity index (χ4n) is 2.27. The smallest absolute Gasteiger partial charge is 0.124 e. The van der Waals surface area contributed by atoms with Crippen molar-refractivity contribution in [3.8, 4) is 0 Å². The molecule has 0 fully saturated rings. The molecule has 0 bridgehead atoms. The molecular formula is C14H16N4O. The summed E-state index contributed by atoms with van der Waals surface area (Å²) in [7, 11) is 0. The molecule has 0 amide bonds. The van der Waals surface area contributed by atoms with E-state index in [1.165, 1.54) is 0 Å². The normalized spacial score (nSPS) is 11.2. The third-order valence-electron chi connectivity index (χ3n) is 3.14. The van der Waals surface area contributed by atoms with Gasteiger partial charge in [0.25, 0.3) is 0 Å². The topological polar surface area (TPSA) is 69.9 Å². The Morgan fingerprint density at radius 2 is 2.21 bits per heavy atom. The van der Waals surface area contributed by atoms with Crippen molar-refractivity contribution < 1.29 is 4.52 Å². The van der Waals surface area contributed by atoms with E-state index in [1.807, 2.05) is 24.3 Å². The van der Waals surface area contributed by atoms with E-state index in [0.717, 1.165) is 41.1 Å². The van der Waals surface area contributed by atoms with Crippen LogP contribution >= 0.6 is 0 Å². The molecule has 0 aliphatic carbocycles. The van der Waals surface area contributed by atoms with Gasteiger partial charge in [0.1, 0.15) is 17.8 Å². The zero-order chi connectivity index (χ0) is 13.2. The second kappa shape index (κ2) is 4.76. The van der Waals surface area contributed by atoms with E-state index >= 15 is 0 Å². The summed E-state index contributed by atoms with van der Waals surface area (Å²) in [4.78, 5) is 4.67. The minimum Gasteiger partial charge on any atom is -0.399 e. The van der Waals surface area contributed by atoms with Crippen molar-refractivity contribution in [2.45, 2.75) is 26.3 Å². The predicted octanol–water partition coefficient (Wildman–Crippen LogP) is 2.61. The van der Waals surface area contributed by atoms with Gasteiger partial charge in [-0.3, -0.25) is 0 Å². The summed E-state index contributed by atoms with van der Waals surface area (Å²) < 4.78 is 7.07. The molecule has 2 heterocycles. The zero-order valence-electron chi connectivity index (χ0n) is 10.8. The highest BCUT2D eigenvalue weighted by Gasteiger charge is 2.11. The number of aromatic nitrogens is 3. The van der Waals surface area contributed by atoms with Crippen molar-refractivity contribution >= 4 is 16.7 Å². The number of rotatable bonds is 4. The van der Waals surface area contributed by atoms with Crippen LogP contribution < -0.4 is 5.73 Å². The Labute approximate surface area is 111 Å². The molecule has 19 heavy (non-hydrogen) atoms. The molecule has 98 valence electrons. The average molecular weight is 256 g/mol. The molecule has 0 saturated heterocycles. The fourth-order valence-corrected chi connectivity index (χ4v) is 2.27. The Morgan fingerprint density at radius 1 is 1.32 bits per heavy atom. The first kappa shape index (κ1) is 11.8. The molecule has 0 unspecified atom stereocenters. The largest absolute Gasteiger partial charge is 0.399 e. The fraction of sp³-hybridized carbons (Fsp3) is 0.286. The van der Waals surface area contributed by atoms with Crippen molar-refractivity contribution in [2.75, 3.05) is 5.73 Å². The maximum Gasteiger partial charge on any atom is 0.124 e. The summed E-state index contributed by atoms with van der Waals surface area (Å²) in [5.41, 5.74) is 9.47. The summed E-state index contributed by atoms with van der Waals surface area (Å²) in [5, 5.41) is 3.97. The highest BCUT2D eigenvalue weighted by Crippen LogP contribution is 2.21. The first-order valence-electron chi connectivity index (χ1n) is 6.42. The molecule has 0 radical (unpaired) electrons. The van der Waals surface area contributed by atoms with Crippen LogP contribution in [0.5, 0.6) is 0 Å². The van der Waals surface area contributed by atoms with Crippen LogP contribution in [0, 0.1) is 0 Å². The van der Waals surface area contributed by atoms with Crippen LogP contribution in [0.1, 0.15) is 24.9 Å². The van der Waals surface area contributed by atoms with Gasteiger partial charge in [0, 0.05) is 18.2 Å². The van der Waals surface area contributed by atoms with E-state index < -0.39 is 0 Å². The molecule has 0 saturated carbocycles. The number of benzene rings is 1. The second-order valence-electron chi connectivity index (χ2n) is 4.60. The first-order chi connectivity index (χ1) is 9.28. The van der Waals surface area contributed by atoms with Gasteiger partial charge in [-0.2, -0.15) is 0 Å². The quantitative estimate of drug-likeness (QED) is 0.728. The lowest BCUT2D eigenvalue weighted by atomic mass is 10.2. The van der Waals surface area contributed by atoms with Gasteiger partial charge < -0.3 is 14.8 Å². The van der Waals surface area contributed by atoms with E-state index in [9.17, 15) is 0 Å². The van der Waals surface area contributed by atoms with E-state index in [2.05, 4.69) is 21.6 Å². The third kappa shape index (κ3) is 2.19. The predicted molar refractivity (Wildman–Crippen MR) is 73.7 cm³/mol. The van der Waals surface area contributed by atoms with Crippen molar-refractivity contribution in [1.29, 1.82) is 0 Å². The summed E-state index contributed by atoms with van der Waals surface area (Å²) in [6, 6.07) is 7.70. The van der Waals surface area contributed by atoms with Gasteiger partial charge in [0.2, 0.25) is 0 Å². The SMILES string of the molecule is CCCc1nc2cc(N)ccc2n1Cc1ccon1. The molecule has 0 atom stereocenters. The monoisotopic (exact) mass is 256 g/mol. The van der Waals surface area contributed by atoms with E-state index in [-0.39, 0.29) is 0 Å². The number of nitrogens with two attached hydrogens (primary N) is 1. The Balaban J connectivity index is 2.10. The Hall–Kier alpha value is -2.30. The van der Waals surface area contributed by atoms with Gasteiger partial charge in [-0.25, -0.2) is 4.98 Å². The molecular weight excluding hydrogens is 240 g/mol. The number of nitrogen functional groups attached to an aromatic ring is 1. The lowest BCUT2D eigenvalue weighted by Gasteiger charge is -2.06. The molecule has 0 aliphatic heterocycles. The summed E-state index contributed by atoms with van der Waals surface area (Å²) >= 11 is 0. The second-order valence-corrected chi connectivity index (χ2v) is 4.60. The standard InChI is InChI=1S/C14H16N4O/c1-2-3-14-16-12-8-10(15)4-5-13(12)18(14)9-11-6-7-19-17-11/h4-8H,2-3,9,15H2,1H3. The average Bonchev–Trinajstić information content (AvgIpc) is 2.99. The van der Waals surface area contributed by atoms with E-state index in [4.69, 9.17) is 10.3 Å². The molecule has 2 N–H and O–H groups in total. The molecule has 3 aromatic rings. The number of anilines is 1. The number of fused-ring (bicyclic) bond motifs is 1. The van der Waals surface area contributed by atoms with Gasteiger partial charge in [-0.1, -0.05) is 12.1 Å². The maximum atomic E-state index is 5.82. The Morgan fingerprint density at radius 3 is 2.95 bits per heavy atom. The number of imidazole rings is 1. The Kier molecular flexibility index (Phi) is 2.95. The molecule has 5 nitrogen and oxygen atoms in total. The minimum atomic E-state index is 0.673. The van der Waals surface area contributed by atoms with Gasteiger partial charge in [0.05, 0.1) is 17.6 Å². The lowest BCUT2D eigenvalue weighted by molar-refractivity contribution is 0.409. The molecule has 0 spiro atoms. The van der Waals surface area contributed by atoms with Gasteiger partial charge in [0.15, 0.2) is 0 Å². The minimum absolute atomic E-state index is 0.673. The summed E-state index contributed by atoms with van der Waals surface area (Å²) in [5.74, 6) is 1.06. The number of hydrogen-bond acceptors (Lipinski definition) is 4. The van der Waals surface area contributed by atoms with Crippen LogP contribution in [0.25, 0.3) is 11.0 Å². The van der Waals surface area contributed by atoms with Crippen LogP contribution in [-0.4, -0.2) is 14.7 Å². The van der Waals surface area contributed by atoms with Crippen molar-refractivity contribution in [3.63, 3.8) is 0 Å². The summed E-state index contributed by atoms with van der Waals surface area (Å²) in [6.45, 7) is 2.82. The van der Waals surface area contributed by atoms with Crippen LogP contribution in [0.15, 0.2) is 35.1 Å². The van der Waals surface area contributed by atoms with Crippen LogP contribution in [-0.2, 0) is 13.0 Å². The van der Waals surface area contributed by atoms with E-state index in [0.29, 0.717) is 6.54 Å². The zero-order valence-corrected chi connectivity index (χ0v) is 10.8. The number of nitrogens with zero attached hydrogens (tertiary/aromatic N) is 3. The third-order valence-corrected chi connectivity index (χ3v) is 3.14. The van der Waals surface area contributed by atoms with Crippen molar-refractivity contribution in [2.24, 2.45) is 0 Å². The summed E-state index contributed by atoms with van der Waals surface area (Å²) in [6.07, 6.45) is 3.58. The lowest BCUT2D eigenvalue weighted by Crippen LogP contribution is -2.05. The van der Waals surface area contributed by atoms with Gasteiger partial charge in [-0.05, 0) is 24.6 Å². The van der Waals surface area contributed by atoms with E-state index in [1.54, 1.807) is 6.26 Å². The molecule has 1 aromatic carbocycles. The van der Waals surface area contributed by atoms with Crippen molar-refractivity contribution in [1.82, 2.24) is 14.7 Å². The first-order valence-corrected chi connectivity index (χ1v) is 6.42. The van der Waals surface area contributed by atoms with Crippen LogP contribution in [0.3, 0.4) is 0 Å². The number of aryl methyl sites for hydroxylation is 1. The highest BCUT2D eigenvalue weighted by atomic mass is 16.5. The highest BCUT2D eigenvalue weighted by molar-refractivity contribution is 5.79. The van der Waals surface area contributed by atoms with Gasteiger partial charge >= 0.3 is 0 Å². The van der Waals surface area contributed by atoms with Crippen molar-refractivity contribution in [3.05, 3.63) is 42.0 Å². The molecule has 3 rings (SSSR count). The maximum absolute atomic E-state index is 5.82. The molecule has 0 aliphatic rings. The Bertz CT molecular complexity index is 685. The molecule has 2 aromatic heterocycles. The van der Waals surface area contributed by atoms with Crippen LogP contribution in [0.4, 0.5) is 5.69 Å². The van der Waals surface area contributed by atoms with Gasteiger partial charge in [-0.15, -0.1) is 0 Å². The number of hydrogen-bond donors (Lipinski definition) is 1. The van der Waals surface area contributed by atoms with Crippen LogP contribution in [0.2, 0.25) is 0 Å². The molecule has 5 heteroatoms.